The second kappa shape index (κ2) is 5.01. The number of hydrogen-bond acceptors (Lipinski definition) is 2. The molecule has 0 aromatic heterocycles. The molecule has 0 unspecified atom stereocenters. The molecular formula is C16H12FNO3. The third-order valence-corrected chi connectivity index (χ3v) is 3.57. The molecule has 0 radical (unpaired) electrons. The van der Waals surface area contributed by atoms with Crippen molar-refractivity contribution in [1.82, 2.24) is 0 Å². The van der Waals surface area contributed by atoms with Crippen molar-refractivity contribution in [2.24, 2.45) is 0 Å². The molecular weight excluding hydrogens is 273 g/mol. The monoisotopic (exact) mass is 285 g/mol. The van der Waals surface area contributed by atoms with Gasteiger partial charge in [0.15, 0.2) is 0 Å². The second-order valence-electron chi connectivity index (χ2n) is 4.84. The molecule has 1 N–H and O–H groups in total. The number of carbonyl (C=O) groups is 2. The number of halogens is 1. The van der Waals surface area contributed by atoms with Gasteiger partial charge >= 0.3 is 5.97 Å². The van der Waals surface area contributed by atoms with E-state index in [1.807, 2.05) is 0 Å². The number of amides is 1. The fraction of sp³-hybridized carbons (Fsp3) is 0.125. The van der Waals surface area contributed by atoms with Gasteiger partial charge in [-0.1, -0.05) is 12.1 Å². The van der Waals surface area contributed by atoms with Gasteiger partial charge in [-0.3, -0.25) is 4.79 Å². The topological polar surface area (TPSA) is 57.6 Å². The third-order valence-electron chi connectivity index (χ3n) is 3.57. The Kier molecular flexibility index (Phi) is 3.17. The summed E-state index contributed by atoms with van der Waals surface area (Å²) in [7, 11) is 0. The van der Waals surface area contributed by atoms with Crippen molar-refractivity contribution in [2.45, 2.75) is 6.42 Å². The van der Waals surface area contributed by atoms with E-state index in [-0.39, 0.29) is 11.1 Å². The summed E-state index contributed by atoms with van der Waals surface area (Å²) in [4.78, 5) is 24.9. The van der Waals surface area contributed by atoms with E-state index < -0.39 is 17.7 Å². The summed E-state index contributed by atoms with van der Waals surface area (Å²) in [5.41, 5.74) is 1.65. The molecule has 0 aliphatic carbocycles. The highest BCUT2D eigenvalue weighted by Crippen LogP contribution is 2.30. The Morgan fingerprint density at radius 2 is 1.90 bits per heavy atom. The zero-order valence-electron chi connectivity index (χ0n) is 11.0. The van der Waals surface area contributed by atoms with Gasteiger partial charge in [-0.25, -0.2) is 9.18 Å². The maximum Gasteiger partial charge on any atom is 0.335 e. The number of aromatic carboxylic acids is 1. The van der Waals surface area contributed by atoms with Crippen LogP contribution in [0.4, 0.5) is 10.1 Å². The number of carboxylic acid groups (broad SMARTS) is 1. The number of carboxylic acids is 1. The average molecular weight is 285 g/mol. The lowest BCUT2D eigenvalue weighted by atomic mass is 10.1. The van der Waals surface area contributed by atoms with Crippen LogP contribution < -0.4 is 4.90 Å². The molecule has 1 heterocycles. The van der Waals surface area contributed by atoms with Crippen LogP contribution in [0.25, 0.3) is 0 Å². The summed E-state index contributed by atoms with van der Waals surface area (Å²) >= 11 is 0. The minimum Gasteiger partial charge on any atom is -0.478 e. The van der Waals surface area contributed by atoms with Gasteiger partial charge in [0.2, 0.25) is 0 Å². The Hall–Kier alpha value is -2.69. The van der Waals surface area contributed by atoms with Crippen LogP contribution in [0.3, 0.4) is 0 Å². The smallest absolute Gasteiger partial charge is 0.335 e. The van der Waals surface area contributed by atoms with E-state index in [0.717, 1.165) is 5.56 Å². The molecule has 1 aliphatic rings. The molecule has 106 valence electrons. The average Bonchev–Trinajstić information content (AvgIpc) is 2.90. The highest BCUT2D eigenvalue weighted by Gasteiger charge is 2.27. The Morgan fingerprint density at radius 1 is 1.14 bits per heavy atom. The number of benzene rings is 2. The molecule has 0 saturated carbocycles. The third kappa shape index (κ3) is 2.27. The summed E-state index contributed by atoms with van der Waals surface area (Å²) in [6, 6.07) is 10.5. The first-order valence-electron chi connectivity index (χ1n) is 6.50. The summed E-state index contributed by atoms with van der Waals surface area (Å²) in [6.45, 7) is 0.422. The number of hydrogen-bond donors (Lipinski definition) is 1. The summed E-state index contributed by atoms with van der Waals surface area (Å²) in [6.07, 6.45) is 0.566. The van der Waals surface area contributed by atoms with Crippen molar-refractivity contribution in [1.29, 1.82) is 0 Å². The van der Waals surface area contributed by atoms with E-state index >= 15 is 0 Å². The normalized spacial score (nSPS) is 13.1. The van der Waals surface area contributed by atoms with Crippen molar-refractivity contribution in [3.63, 3.8) is 0 Å². The molecule has 1 amide bonds. The molecule has 5 heteroatoms. The first-order valence-corrected chi connectivity index (χ1v) is 6.50. The quantitative estimate of drug-likeness (QED) is 0.923. The van der Waals surface area contributed by atoms with Gasteiger partial charge in [0.1, 0.15) is 5.82 Å². The molecule has 0 atom stereocenters. The second-order valence-corrected chi connectivity index (χ2v) is 4.84. The first-order chi connectivity index (χ1) is 10.1. The maximum atomic E-state index is 13.7. The van der Waals surface area contributed by atoms with Crippen LogP contribution in [-0.4, -0.2) is 23.5 Å². The summed E-state index contributed by atoms with van der Waals surface area (Å²) in [5.74, 6) is -1.97. The zero-order valence-corrected chi connectivity index (χ0v) is 11.0. The lowest BCUT2D eigenvalue weighted by Gasteiger charge is -2.17. The lowest BCUT2D eigenvalue weighted by Crippen LogP contribution is -2.29. The van der Waals surface area contributed by atoms with Crippen LogP contribution in [0.5, 0.6) is 0 Å². The number of fused-ring (bicyclic) bond motifs is 1. The number of nitrogens with zero attached hydrogens (tertiary/aromatic N) is 1. The predicted molar refractivity (Wildman–Crippen MR) is 75.2 cm³/mol. The minimum atomic E-state index is -1.00. The Labute approximate surface area is 120 Å². The molecule has 2 aromatic carbocycles. The SMILES string of the molecule is O=C(O)c1ccc2c(c1)CCN2C(=O)c1ccccc1F. The standard InChI is InChI=1S/C16H12FNO3/c17-13-4-2-1-3-12(13)15(19)18-8-7-10-9-11(16(20)21)5-6-14(10)18/h1-6,9H,7-8H2,(H,20,21). The highest BCUT2D eigenvalue weighted by atomic mass is 19.1. The Balaban J connectivity index is 1.96. The van der Waals surface area contributed by atoms with Gasteiger partial charge in [0.25, 0.3) is 5.91 Å². The van der Waals surface area contributed by atoms with Crippen LogP contribution in [0, 0.1) is 5.82 Å². The van der Waals surface area contributed by atoms with E-state index in [0.29, 0.717) is 18.7 Å². The first kappa shape index (κ1) is 13.3. The van der Waals surface area contributed by atoms with Crippen LogP contribution >= 0.6 is 0 Å². The summed E-state index contributed by atoms with van der Waals surface area (Å²) in [5, 5.41) is 8.98. The molecule has 4 nitrogen and oxygen atoms in total. The molecule has 3 rings (SSSR count). The predicted octanol–water partition coefficient (Wildman–Crippen LogP) is 2.73. The molecule has 21 heavy (non-hydrogen) atoms. The molecule has 0 saturated heterocycles. The van der Waals surface area contributed by atoms with Crippen LogP contribution in [0.2, 0.25) is 0 Å². The van der Waals surface area contributed by atoms with E-state index in [9.17, 15) is 14.0 Å². The minimum absolute atomic E-state index is 0.0210. The van der Waals surface area contributed by atoms with Crippen molar-refractivity contribution in [3.8, 4) is 0 Å². The van der Waals surface area contributed by atoms with Gasteiger partial charge in [-0.05, 0) is 42.3 Å². The molecule has 1 aliphatic heterocycles. The van der Waals surface area contributed by atoms with Crippen LogP contribution in [0.1, 0.15) is 26.3 Å². The van der Waals surface area contributed by atoms with Gasteiger partial charge in [0, 0.05) is 12.2 Å². The molecule has 0 fully saturated rings. The lowest BCUT2D eigenvalue weighted by molar-refractivity contribution is 0.0696. The largest absolute Gasteiger partial charge is 0.478 e. The fourth-order valence-corrected chi connectivity index (χ4v) is 2.53. The Bertz CT molecular complexity index is 742. The highest BCUT2D eigenvalue weighted by molar-refractivity contribution is 6.07. The maximum absolute atomic E-state index is 13.7. The summed E-state index contributed by atoms with van der Waals surface area (Å²) < 4.78 is 13.7. The van der Waals surface area contributed by atoms with E-state index in [4.69, 9.17) is 5.11 Å². The Morgan fingerprint density at radius 3 is 2.62 bits per heavy atom. The van der Waals surface area contributed by atoms with Gasteiger partial charge in [-0.15, -0.1) is 0 Å². The van der Waals surface area contributed by atoms with Gasteiger partial charge in [-0.2, -0.15) is 0 Å². The number of carbonyl (C=O) groups excluding carboxylic acids is 1. The fourth-order valence-electron chi connectivity index (χ4n) is 2.53. The van der Waals surface area contributed by atoms with Crippen LogP contribution in [-0.2, 0) is 6.42 Å². The van der Waals surface area contributed by atoms with Crippen molar-refractivity contribution in [2.75, 3.05) is 11.4 Å². The number of rotatable bonds is 2. The van der Waals surface area contributed by atoms with Crippen molar-refractivity contribution in [3.05, 3.63) is 65.0 Å². The van der Waals surface area contributed by atoms with Gasteiger partial charge in [0.05, 0.1) is 11.1 Å². The molecule has 2 aromatic rings. The van der Waals surface area contributed by atoms with Gasteiger partial charge < -0.3 is 10.0 Å². The molecule has 0 bridgehead atoms. The van der Waals surface area contributed by atoms with E-state index in [1.165, 1.54) is 29.2 Å². The van der Waals surface area contributed by atoms with Crippen LogP contribution in [0.15, 0.2) is 42.5 Å². The zero-order chi connectivity index (χ0) is 15.0. The van der Waals surface area contributed by atoms with Crippen molar-refractivity contribution >= 4 is 17.6 Å². The van der Waals surface area contributed by atoms with Crippen molar-refractivity contribution < 1.29 is 19.1 Å². The van der Waals surface area contributed by atoms with E-state index in [2.05, 4.69) is 0 Å². The van der Waals surface area contributed by atoms with E-state index in [1.54, 1.807) is 18.2 Å². The number of anilines is 1. The molecule has 0 spiro atoms.